The van der Waals surface area contributed by atoms with Gasteiger partial charge in [-0.05, 0) is 25.3 Å². The lowest BCUT2D eigenvalue weighted by molar-refractivity contribution is -0.126. The summed E-state index contributed by atoms with van der Waals surface area (Å²) in [5.41, 5.74) is 1.09. The topological polar surface area (TPSA) is 46.6 Å². The molecule has 2 amide bonds. The molecule has 0 unspecified atom stereocenters. The van der Waals surface area contributed by atoms with Gasteiger partial charge in [0.15, 0.2) is 0 Å². The van der Waals surface area contributed by atoms with Gasteiger partial charge >= 0.3 is 6.09 Å². The maximum atomic E-state index is 11.5. The van der Waals surface area contributed by atoms with E-state index in [1.807, 2.05) is 19.1 Å². The van der Waals surface area contributed by atoms with Crippen LogP contribution in [0.3, 0.4) is 0 Å². The van der Waals surface area contributed by atoms with Crippen LogP contribution in [0.2, 0.25) is 0 Å². The quantitative estimate of drug-likeness (QED) is 0.680. The predicted molar refractivity (Wildman–Crippen MR) is 58.7 cm³/mol. The second kappa shape index (κ2) is 4.12. The summed E-state index contributed by atoms with van der Waals surface area (Å²) in [5.74, 6) is -0.257. The fraction of sp³-hybridized carbons (Fsp3) is 0.500. The van der Waals surface area contributed by atoms with Gasteiger partial charge in [-0.3, -0.25) is 4.79 Å². The van der Waals surface area contributed by atoms with Gasteiger partial charge in [0.25, 0.3) is 0 Å². The van der Waals surface area contributed by atoms with Crippen molar-refractivity contribution >= 4 is 12.0 Å². The third kappa shape index (κ3) is 1.75. The number of carbonyl (C=O) groups excluding carboxylic acids is 2. The first-order valence-corrected chi connectivity index (χ1v) is 5.47. The highest BCUT2D eigenvalue weighted by Crippen LogP contribution is 2.28. The van der Waals surface area contributed by atoms with Crippen molar-refractivity contribution in [2.24, 2.45) is 0 Å². The summed E-state index contributed by atoms with van der Waals surface area (Å²) in [6.07, 6.45) is 7.07. The molecule has 2 rings (SSSR count). The smallest absolute Gasteiger partial charge is 0.417 e. The van der Waals surface area contributed by atoms with Crippen LogP contribution in [-0.2, 0) is 9.53 Å². The van der Waals surface area contributed by atoms with Crippen molar-refractivity contribution in [3.8, 4) is 0 Å². The summed E-state index contributed by atoms with van der Waals surface area (Å²) in [5, 5.41) is 0. The number of cyclic esters (lactones) is 1. The van der Waals surface area contributed by atoms with E-state index in [4.69, 9.17) is 4.74 Å². The Morgan fingerprint density at radius 1 is 1.56 bits per heavy atom. The van der Waals surface area contributed by atoms with E-state index in [1.54, 1.807) is 0 Å². The molecule has 1 fully saturated rings. The number of rotatable bonds is 1. The van der Waals surface area contributed by atoms with E-state index >= 15 is 0 Å². The molecule has 0 aromatic carbocycles. The average molecular weight is 221 g/mol. The minimum atomic E-state index is -0.527. The van der Waals surface area contributed by atoms with Crippen molar-refractivity contribution in [2.45, 2.75) is 38.8 Å². The fourth-order valence-electron chi connectivity index (χ4n) is 2.22. The van der Waals surface area contributed by atoms with Crippen LogP contribution in [0.15, 0.2) is 23.8 Å². The largest absolute Gasteiger partial charge is 0.439 e. The van der Waals surface area contributed by atoms with Crippen LogP contribution in [0, 0.1) is 0 Å². The Bertz CT molecular complexity index is 384. The van der Waals surface area contributed by atoms with Gasteiger partial charge in [0, 0.05) is 6.92 Å². The molecule has 4 heteroatoms. The van der Waals surface area contributed by atoms with Crippen LogP contribution < -0.4 is 0 Å². The van der Waals surface area contributed by atoms with Gasteiger partial charge in [0.05, 0.1) is 6.04 Å². The Morgan fingerprint density at radius 2 is 2.31 bits per heavy atom. The van der Waals surface area contributed by atoms with Crippen molar-refractivity contribution in [1.82, 2.24) is 4.90 Å². The number of carbonyl (C=O) groups is 2. The van der Waals surface area contributed by atoms with E-state index in [-0.39, 0.29) is 18.1 Å². The number of allylic oxidation sites excluding steroid dienone is 3. The van der Waals surface area contributed by atoms with E-state index in [2.05, 4.69) is 6.08 Å². The van der Waals surface area contributed by atoms with Gasteiger partial charge in [-0.25, -0.2) is 9.69 Å². The van der Waals surface area contributed by atoms with Crippen molar-refractivity contribution < 1.29 is 14.3 Å². The Balaban J connectivity index is 2.20. The van der Waals surface area contributed by atoms with E-state index in [0.29, 0.717) is 0 Å². The molecule has 0 saturated carbocycles. The minimum absolute atomic E-state index is 0.206. The molecule has 0 bridgehead atoms. The van der Waals surface area contributed by atoms with Crippen LogP contribution in [0.5, 0.6) is 0 Å². The summed E-state index contributed by atoms with van der Waals surface area (Å²) < 4.78 is 5.25. The van der Waals surface area contributed by atoms with Gasteiger partial charge in [0.2, 0.25) is 5.91 Å². The summed E-state index contributed by atoms with van der Waals surface area (Å²) >= 11 is 0. The first kappa shape index (κ1) is 10.9. The second-order valence-corrected chi connectivity index (χ2v) is 4.14. The molecule has 86 valence electrons. The molecule has 0 radical (unpaired) electrons. The molecule has 16 heavy (non-hydrogen) atoms. The van der Waals surface area contributed by atoms with Crippen LogP contribution in [-0.4, -0.2) is 29.0 Å². The number of nitrogens with zero attached hydrogens (tertiary/aromatic N) is 1. The Hall–Kier alpha value is -1.58. The van der Waals surface area contributed by atoms with E-state index in [1.165, 1.54) is 11.8 Å². The molecule has 0 N–H and O–H groups in total. The van der Waals surface area contributed by atoms with Crippen LogP contribution >= 0.6 is 0 Å². The molecular formula is C12H15NO3. The van der Waals surface area contributed by atoms with Crippen LogP contribution in [0.1, 0.15) is 26.7 Å². The van der Waals surface area contributed by atoms with Crippen LogP contribution in [0.25, 0.3) is 0 Å². The lowest BCUT2D eigenvalue weighted by atomic mass is 9.96. The number of hydrogen-bond donors (Lipinski definition) is 0. The first-order chi connectivity index (χ1) is 7.61. The summed E-state index contributed by atoms with van der Waals surface area (Å²) in [7, 11) is 0. The van der Waals surface area contributed by atoms with Crippen molar-refractivity contribution in [3.63, 3.8) is 0 Å². The summed E-state index contributed by atoms with van der Waals surface area (Å²) in [4.78, 5) is 24.0. The third-order valence-electron chi connectivity index (χ3n) is 3.02. The van der Waals surface area contributed by atoms with E-state index in [9.17, 15) is 9.59 Å². The number of hydrogen-bond acceptors (Lipinski definition) is 3. The average Bonchev–Trinajstić information content (AvgIpc) is 2.55. The van der Waals surface area contributed by atoms with Crippen molar-refractivity contribution in [3.05, 3.63) is 23.8 Å². The maximum absolute atomic E-state index is 11.5. The zero-order valence-corrected chi connectivity index (χ0v) is 9.47. The number of amides is 2. The molecule has 0 aromatic heterocycles. The second-order valence-electron chi connectivity index (χ2n) is 4.14. The summed E-state index contributed by atoms with van der Waals surface area (Å²) in [6, 6.07) is -0.206. The highest BCUT2D eigenvalue weighted by atomic mass is 16.6. The van der Waals surface area contributed by atoms with E-state index in [0.717, 1.165) is 18.4 Å². The van der Waals surface area contributed by atoms with E-state index < -0.39 is 6.09 Å². The van der Waals surface area contributed by atoms with Crippen molar-refractivity contribution in [1.29, 1.82) is 0 Å². The molecule has 0 aromatic rings. The zero-order chi connectivity index (χ0) is 11.7. The first-order valence-electron chi connectivity index (χ1n) is 5.47. The molecule has 4 nitrogen and oxygen atoms in total. The SMILES string of the molecule is CC(=O)N1C(=O)O[C@@H](C2=CC=CCC2)[C@H]1C. The Kier molecular flexibility index (Phi) is 2.81. The predicted octanol–water partition coefficient (Wildman–Crippen LogP) is 2.02. The lowest BCUT2D eigenvalue weighted by Gasteiger charge is -2.20. The summed E-state index contributed by atoms with van der Waals surface area (Å²) in [6.45, 7) is 3.23. The van der Waals surface area contributed by atoms with Crippen LogP contribution in [0.4, 0.5) is 4.79 Å². The van der Waals surface area contributed by atoms with Gasteiger partial charge in [-0.15, -0.1) is 0 Å². The highest BCUT2D eigenvalue weighted by Gasteiger charge is 2.42. The minimum Gasteiger partial charge on any atom is -0.439 e. The van der Waals surface area contributed by atoms with Gasteiger partial charge < -0.3 is 4.74 Å². The molecule has 2 aliphatic rings. The molecule has 1 aliphatic heterocycles. The molecule has 1 aliphatic carbocycles. The maximum Gasteiger partial charge on any atom is 0.417 e. The standard InChI is InChI=1S/C12H15NO3/c1-8-11(10-6-4-3-5-7-10)16-12(15)13(8)9(2)14/h3-4,6,8,11H,5,7H2,1-2H3/t8-,11-/m1/s1. The highest BCUT2D eigenvalue weighted by molar-refractivity contribution is 5.92. The van der Waals surface area contributed by atoms with Gasteiger partial charge in [-0.2, -0.15) is 0 Å². The zero-order valence-electron chi connectivity index (χ0n) is 9.47. The fourth-order valence-corrected chi connectivity index (χ4v) is 2.22. The number of imide groups is 1. The van der Waals surface area contributed by atoms with Crippen molar-refractivity contribution in [2.75, 3.05) is 0 Å². The molecule has 1 saturated heterocycles. The normalized spacial score (nSPS) is 29.0. The molecule has 0 spiro atoms. The third-order valence-corrected chi connectivity index (χ3v) is 3.02. The van der Waals surface area contributed by atoms with Gasteiger partial charge in [-0.1, -0.05) is 18.2 Å². The lowest BCUT2D eigenvalue weighted by Crippen LogP contribution is -2.38. The Morgan fingerprint density at radius 3 is 2.81 bits per heavy atom. The molecule has 1 heterocycles. The molecule has 2 atom stereocenters. The molecular weight excluding hydrogens is 206 g/mol. The van der Waals surface area contributed by atoms with Gasteiger partial charge in [0.1, 0.15) is 6.10 Å². The monoisotopic (exact) mass is 221 g/mol. The number of ether oxygens (including phenoxy) is 1. The Labute approximate surface area is 94.6 Å².